The number of carbonyl (C=O) groups excluding carboxylic acids is 1. The van der Waals surface area contributed by atoms with E-state index >= 15 is 0 Å². The zero-order valence-corrected chi connectivity index (χ0v) is 11.0. The molecule has 4 nitrogen and oxygen atoms in total. The van der Waals surface area contributed by atoms with Crippen LogP contribution in [-0.2, 0) is 4.74 Å². The Morgan fingerprint density at radius 2 is 1.94 bits per heavy atom. The van der Waals surface area contributed by atoms with Gasteiger partial charge < -0.3 is 15.4 Å². The summed E-state index contributed by atoms with van der Waals surface area (Å²) in [5.74, 6) is 0.451. The van der Waals surface area contributed by atoms with Crippen molar-refractivity contribution >= 4 is 11.6 Å². The molecule has 1 amide bonds. The molecular weight excluding hydrogens is 228 g/mol. The zero-order valence-electron chi connectivity index (χ0n) is 11.0. The molecule has 0 bridgehead atoms. The smallest absolute Gasteiger partial charge is 0.253 e. The SMILES string of the molecule is CN(C)C(=O)c1cc(N)cc(C2CCOCC2)c1. The van der Waals surface area contributed by atoms with Gasteiger partial charge in [-0.15, -0.1) is 0 Å². The maximum atomic E-state index is 12.0. The van der Waals surface area contributed by atoms with Crippen molar-refractivity contribution in [1.29, 1.82) is 0 Å². The van der Waals surface area contributed by atoms with Crippen LogP contribution in [0, 0.1) is 0 Å². The van der Waals surface area contributed by atoms with E-state index in [4.69, 9.17) is 10.5 Å². The lowest BCUT2D eigenvalue weighted by Gasteiger charge is -2.23. The molecule has 0 atom stereocenters. The molecular formula is C14H20N2O2. The lowest BCUT2D eigenvalue weighted by atomic mass is 9.90. The minimum atomic E-state index is -0.00407. The van der Waals surface area contributed by atoms with Gasteiger partial charge in [0.05, 0.1) is 0 Å². The van der Waals surface area contributed by atoms with E-state index in [9.17, 15) is 4.79 Å². The Morgan fingerprint density at radius 3 is 2.56 bits per heavy atom. The van der Waals surface area contributed by atoms with Gasteiger partial charge in [-0.25, -0.2) is 0 Å². The third-order valence-corrected chi connectivity index (χ3v) is 3.32. The molecule has 1 heterocycles. The highest BCUT2D eigenvalue weighted by atomic mass is 16.5. The zero-order chi connectivity index (χ0) is 13.1. The summed E-state index contributed by atoms with van der Waals surface area (Å²) in [7, 11) is 3.50. The van der Waals surface area contributed by atoms with Gasteiger partial charge in [-0.2, -0.15) is 0 Å². The van der Waals surface area contributed by atoms with Crippen LogP contribution in [-0.4, -0.2) is 38.1 Å². The van der Waals surface area contributed by atoms with E-state index in [0.29, 0.717) is 17.2 Å². The van der Waals surface area contributed by atoms with Crippen LogP contribution in [0.3, 0.4) is 0 Å². The number of nitrogens with zero attached hydrogens (tertiary/aromatic N) is 1. The Hall–Kier alpha value is -1.55. The van der Waals surface area contributed by atoms with Gasteiger partial charge in [-0.05, 0) is 42.5 Å². The second-order valence-corrected chi connectivity index (χ2v) is 4.97. The second-order valence-electron chi connectivity index (χ2n) is 4.97. The first-order chi connectivity index (χ1) is 8.58. The third kappa shape index (κ3) is 2.82. The van der Waals surface area contributed by atoms with E-state index in [1.807, 2.05) is 12.1 Å². The van der Waals surface area contributed by atoms with Gasteiger partial charge in [-0.3, -0.25) is 4.79 Å². The number of carbonyl (C=O) groups is 1. The highest BCUT2D eigenvalue weighted by Gasteiger charge is 2.18. The fourth-order valence-electron chi connectivity index (χ4n) is 2.32. The molecule has 0 aromatic heterocycles. The minimum Gasteiger partial charge on any atom is -0.399 e. The van der Waals surface area contributed by atoms with Gasteiger partial charge in [-0.1, -0.05) is 0 Å². The summed E-state index contributed by atoms with van der Waals surface area (Å²) < 4.78 is 5.36. The van der Waals surface area contributed by atoms with Crippen LogP contribution in [0.4, 0.5) is 5.69 Å². The lowest BCUT2D eigenvalue weighted by molar-refractivity contribution is 0.0825. The number of nitrogens with two attached hydrogens (primary N) is 1. The van der Waals surface area contributed by atoms with Crippen LogP contribution < -0.4 is 5.73 Å². The fourth-order valence-corrected chi connectivity index (χ4v) is 2.32. The molecule has 1 aromatic rings. The first kappa shape index (κ1) is 12.9. The van der Waals surface area contributed by atoms with E-state index in [-0.39, 0.29) is 5.91 Å². The topological polar surface area (TPSA) is 55.6 Å². The van der Waals surface area contributed by atoms with E-state index in [1.54, 1.807) is 25.1 Å². The highest BCUT2D eigenvalue weighted by molar-refractivity contribution is 5.95. The molecule has 18 heavy (non-hydrogen) atoms. The average Bonchev–Trinajstić information content (AvgIpc) is 2.38. The van der Waals surface area contributed by atoms with E-state index in [1.165, 1.54) is 0 Å². The highest BCUT2D eigenvalue weighted by Crippen LogP contribution is 2.29. The summed E-state index contributed by atoms with van der Waals surface area (Å²) in [5, 5.41) is 0. The molecule has 0 aliphatic carbocycles. The number of hydrogen-bond acceptors (Lipinski definition) is 3. The van der Waals surface area contributed by atoms with Crippen molar-refractivity contribution in [2.24, 2.45) is 0 Å². The van der Waals surface area contributed by atoms with Gasteiger partial charge >= 0.3 is 0 Å². The minimum absolute atomic E-state index is 0.00407. The summed E-state index contributed by atoms with van der Waals surface area (Å²) in [6.07, 6.45) is 2.00. The Bertz CT molecular complexity index is 437. The predicted molar refractivity (Wildman–Crippen MR) is 71.7 cm³/mol. The van der Waals surface area contributed by atoms with E-state index in [2.05, 4.69) is 0 Å². The van der Waals surface area contributed by atoms with Gasteiger partial charge in [0.25, 0.3) is 5.91 Å². The average molecular weight is 248 g/mol. The largest absolute Gasteiger partial charge is 0.399 e. The molecule has 98 valence electrons. The monoisotopic (exact) mass is 248 g/mol. The number of rotatable bonds is 2. The van der Waals surface area contributed by atoms with Gasteiger partial charge in [0.15, 0.2) is 0 Å². The maximum Gasteiger partial charge on any atom is 0.253 e. The Labute approximate surface area is 108 Å². The number of nitrogen functional groups attached to an aromatic ring is 1. The molecule has 1 saturated heterocycles. The number of ether oxygens (including phenoxy) is 1. The lowest BCUT2D eigenvalue weighted by Crippen LogP contribution is -2.22. The van der Waals surface area contributed by atoms with Gasteiger partial charge in [0, 0.05) is 38.6 Å². The summed E-state index contributed by atoms with van der Waals surface area (Å²) in [5.41, 5.74) is 8.38. The predicted octanol–water partition coefficient (Wildman–Crippen LogP) is 1.86. The van der Waals surface area contributed by atoms with Gasteiger partial charge in [0.1, 0.15) is 0 Å². The van der Waals surface area contributed by atoms with Crippen molar-refractivity contribution in [3.63, 3.8) is 0 Å². The number of hydrogen-bond donors (Lipinski definition) is 1. The van der Waals surface area contributed by atoms with E-state index in [0.717, 1.165) is 31.6 Å². The second kappa shape index (κ2) is 5.40. The van der Waals surface area contributed by atoms with Crippen molar-refractivity contribution in [2.45, 2.75) is 18.8 Å². The summed E-state index contributed by atoms with van der Waals surface area (Å²) in [6, 6.07) is 5.68. The number of amides is 1. The summed E-state index contributed by atoms with van der Waals surface area (Å²) >= 11 is 0. The Kier molecular flexibility index (Phi) is 3.87. The van der Waals surface area contributed by atoms with Crippen LogP contribution in [0.25, 0.3) is 0 Å². The first-order valence-electron chi connectivity index (χ1n) is 6.28. The molecule has 1 aromatic carbocycles. The summed E-state index contributed by atoms with van der Waals surface area (Å²) in [6.45, 7) is 1.58. The summed E-state index contributed by atoms with van der Waals surface area (Å²) in [4.78, 5) is 13.5. The molecule has 1 aliphatic heterocycles. The van der Waals surface area contributed by atoms with Crippen molar-refractivity contribution in [1.82, 2.24) is 4.90 Å². The number of benzene rings is 1. The molecule has 2 N–H and O–H groups in total. The van der Waals surface area contributed by atoms with Crippen molar-refractivity contribution in [3.05, 3.63) is 29.3 Å². The van der Waals surface area contributed by atoms with E-state index < -0.39 is 0 Å². The van der Waals surface area contributed by atoms with Crippen LogP contribution >= 0.6 is 0 Å². The molecule has 0 spiro atoms. The normalized spacial score (nSPS) is 16.6. The molecule has 0 saturated carbocycles. The fraction of sp³-hybridized carbons (Fsp3) is 0.500. The quantitative estimate of drug-likeness (QED) is 0.813. The van der Waals surface area contributed by atoms with Crippen LogP contribution in [0.15, 0.2) is 18.2 Å². The molecule has 1 fully saturated rings. The standard InChI is InChI=1S/C14H20N2O2/c1-16(2)14(17)12-7-11(8-13(15)9-12)10-3-5-18-6-4-10/h7-10H,3-6,15H2,1-2H3. The molecule has 0 radical (unpaired) electrons. The van der Waals surface area contributed by atoms with Crippen LogP contribution in [0.1, 0.15) is 34.7 Å². The number of anilines is 1. The van der Waals surface area contributed by atoms with Crippen LogP contribution in [0.5, 0.6) is 0 Å². The molecule has 2 rings (SSSR count). The first-order valence-corrected chi connectivity index (χ1v) is 6.28. The molecule has 4 heteroatoms. The molecule has 0 unspecified atom stereocenters. The third-order valence-electron chi connectivity index (χ3n) is 3.32. The van der Waals surface area contributed by atoms with Gasteiger partial charge in [0.2, 0.25) is 0 Å². The van der Waals surface area contributed by atoms with Crippen molar-refractivity contribution < 1.29 is 9.53 Å². The Morgan fingerprint density at radius 1 is 1.28 bits per heavy atom. The molecule has 1 aliphatic rings. The Balaban J connectivity index is 2.28. The van der Waals surface area contributed by atoms with Crippen molar-refractivity contribution in [3.8, 4) is 0 Å². The van der Waals surface area contributed by atoms with Crippen molar-refractivity contribution in [2.75, 3.05) is 33.0 Å². The van der Waals surface area contributed by atoms with Crippen LogP contribution in [0.2, 0.25) is 0 Å². The maximum absolute atomic E-state index is 12.0.